The number of aldehydes is 1. The van der Waals surface area contributed by atoms with Gasteiger partial charge in [-0.05, 0) is 128 Å². The highest BCUT2D eigenvalue weighted by Crippen LogP contribution is 2.51. The molecule has 3 aliphatic carbocycles. The molecule has 0 bridgehead atoms. The molecule has 11 N–H and O–H groups in total. The van der Waals surface area contributed by atoms with Gasteiger partial charge >= 0.3 is 0 Å². The second kappa shape index (κ2) is 38.0. The highest BCUT2D eigenvalue weighted by atomic mass is 127. The van der Waals surface area contributed by atoms with Crippen molar-refractivity contribution in [2.75, 3.05) is 71.3 Å². The lowest BCUT2D eigenvalue weighted by Gasteiger charge is -2.26. The number of nitrogen functional groups attached to an aromatic ring is 2. The Kier molecular flexibility index (Phi) is 30.4. The normalized spacial score (nSPS) is 16.0. The monoisotopic (exact) mass is 1400 g/mol. The molecule has 6 aliphatic rings. The van der Waals surface area contributed by atoms with E-state index in [1.807, 2.05) is 84.9 Å². The van der Waals surface area contributed by atoms with Gasteiger partial charge in [-0.25, -0.2) is 4.98 Å². The van der Waals surface area contributed by atoms with Gasteiger partial charge in [0.25, 0.3) is 0 Å². The number of rotatable bonds is 19. The van der Waals surface area contributed by atoms with Gasteiger partial charge in [0.15, 0.2) is 46.7 Å². The van der Waals surface area contributed by atoms with Gasteiger partial charge in [-0.3, -0.25) is 10.2 Å². The third kappa shape index (κ3) is 22.0. The van der Waals surface area contributed by atoms with Crippen LogP contribution in [0.5, 0.6) is 51.7 Å². The van der Waals surface area contributed by atoms with E-state index in [1.165, 1.54) is 38.5 Å². The van der Waals surface area contributed by atoms with Crippen molar-refractivity contribution in [3.8, 4) is 63.9 Å². The number of fused-ring (bicyclic) bond motifs is 3. The number of carbonyl (C=O) groups is 1. The van der Waals surface area contributed by atoms with Crippen molar-refractivity contribution >= 4 is 107 Å². The quantitative estimate of drug-likeness (QED) is 0.00753. The zero-order valence-electron chi connectivity index (χ0n) is 53.6. The van der Waals surface area contributed by atoms with Crippen molar-refractivity contribution in [3.63, 3.8) is 0 Å². The number of benzene rings is 5. The van der Waals surface area contributed by atoms with E-state index in [-0.39, 0.29) is 61.6 Å². The highest BCUT2D eigenvalue weighted by Gasteiger charge is 2.38. The molecule has 0 saturated heterocycles. The zero-order valence-corrected chi connectivity index (χ0v) is 56.0. The molecule has 5 aromatic carbocycles. The molecule has 3 saturated carbocycles. The van der Waals surface area contributed by atoms with Crippen LogP contribution in [0.15, 0.2) is 115 Å². The SMILES string of the molecule is C.COc1cc(C=O)c2c(c1OC)OC(C1CC1)C=C2.COc1cc(CC(C#N)=CNc2ccccc2)c2c(c1OC)OC(C1CC1)C=C2.COc1cc(Cc2cnc(N)nc2N)c2c(c1OC)OC(C1CC1)C=C2.I.N#CCCNc1ccccc1.N=C(N)N.[B]B([B])[B]. The van der Waals surface area contributed by atoms with Gasteiger partial charge in [-0.1, -0.05) is 62.1 Å². The number of nitrogens with one attached hydrogen (secondary N) is 3. The molecule has 0 spiro atoms. The second-order valence-corrected chi connectivity index (χ2v) is 21.9. The van der Waals surface area contributed by atoms with Gasteiger partial charge in [0, 0.05) is 106 Å². The first-order chi connectivity index (χ1) is 45.0. The van der Waals surface area contributed by atoms with Crippen LogP contribution in [-0.4, -0.2) is 119 Å². The maximum absolute atomic E-state index is 11.2. The molecule has 492 valence electrons. The lowest BCUT2D eigenvalue weighted by atomic mass is 9.08. The van der Waals surface area contributed by atoms with Gasteiger partial charge in [0.1, 0.15) is 24.1 Å². The van der Waals surface area contributed by atoms with Gasteiger partial charge in [-0.2, -0.15) is 15.5 Å². The van der Waals surface area contributed by atoms with Crippen molar-refractivity contribution in [2.45, 2.75) is 83.5 Å². The number of anilines is 4. The number of nitriles is 2. The number of nitrogens with zero attached hydrogens (tertiary/aromatic N) is 4. The summed E-state index contributed by atoms with van der Waals surface area (Å²) in [5.74, 6) is 7.51. The minimum absolute atomic E-state index is 0. The van der Waals surface area contributed by atoms with Crippen LogP contribution in [0.4, 0.5) is 23.1 Å². The number of ether oxygens (including phenoxy) is 9. The van der Waals surface area contributed by atoms with Gasteiger partial charge in [0.2, 0.25) is 23.2 Å². The summed E-state index contributed by atoms with van der Waals surface area (Å²) < 4.78 is 51.5. The summed E-state index contributed by atoms with van der Waals surface area (Å²) in [5.41, 5.74) is 29.2. The first-order valence-corrected chi connectivity index (χ1v) is 30.2. The average molecular weight is 1400 g/mol. The van der Waals surface area contributed by atoms with Crippen LogP contribution in [0.25, 0.3) is 18.2 Å². The maximum Gasteiger partial charge on any atom is 0.221 e. The number of allylic oxidation sites excluding steroid dienone is 1. The van der Waals surface area contributed by atoms with E-state index < -0.39 is 6.39 Å². The molecule has 3 unspecified atom stereocenters. The molecule has 4 heterocycles. The number of hydrogen-bond acceptors (Lipinski definition) is 19. The summed E-state index contributed by atoms with van der Waals surface area (Å²) in [6.07, 6.45) is 24.9. The van der Waals surface area contributed by atoms with Gasteiger partial charge in [0.05, 0.1) is 61.2 Å². The number of halogens is 1. The Morgan fingerprint density at radius 1 is 0.663 bits per heavy atom. The highest BCUT2D eigenvalue weighted by molar-refractivity contribution is 14.0. The van der Waals surface area contributed by atoms with Crippen molar-refractivity contribution in [1.82, 2.24) is 9.97 Å². The predicted octanol–water partition coefficient (Wildman–Crippen LogP) is 10.7. The van der Waals surface area contributed by atoms with E-state index in [4.69, 9.17) is 64.8 Å². The fraction of sp³-hybridized carbons (Fsp3) is 0.333. The molecular weight excluding hydrogens is 1310 g/mol. The Morgan fingerprint density at radius 2 is 1.08 bits per heavy atom. The van der Waals surface area contributed by atoms with Crippen molar-refractivity contribution in [1.29, 1.82) is 15.9 Å². The number of nitrogens with two attached hydrogens (primary N) is 4. The molecule has 0 amide bonds. The van der Waals surface area contributed by atoms with E-state index in [2.05, 4.69) is 91.7 Å². The van der Waals surface area contributed by atoms with E-state index in [0.717, 1.165) is 63.3 Å². The molecule has 3 atom stereocenters. The number of aromatic nitrogens is 2. The number of guanidine groups is 1. The number of methoxy groups -OCH3 is 6. The van der Waals surface area contributed by atoms with Crippen LogP contribution in [0.2, 0.25) is 0 Å². The van der Waals surface area contributed by atoms with Crippen LogP contribution in [0.1, 0.15) is 96.1 Å². The zero-order chi connectivity index (χ0) is 67.0. The molecule has 6 aromatic rings. The van der Waals surface area contributed by atoms with Crippen LogP contribution in [0, 0.1) is 45.8 Å². The van der Waals surface area contributed by atoms with Crippen molar-refractivity contribution in [3.05, 3.63) is 154 Å². The minimum atomic E-state index is -0.667. The van der Waals surface area contributed by atoms with Crippen LogP contribution >= 0.6 is 24.0 Å². The molecule has 1 aromatic heterocycles. The maximum atomic E-state index is 11.2. The molecule has 6 radical (unpaired) electrons. The fourth-order valence-electron chi connectivity index (χ4n) is 10.1. The third-order valence-corrected chi connectivity index (χ3v) is 15.1. The molecule has 3 fully saturated rings. The average Bonchev–Trinajstić information content (AvgIpc) is 1.42. The number of para-hydroxylation sites is 2. The largest absolute Gasteiger partial charge is 0.493 e. The number of hydrogen-bond donors (Lipinski definition) is 7. The van der Waals surface area contributed by atoms with E-state index >= 15 is 0 Å². The summed E-state index contributed by atoms with van der Waals surface area (Å²) in [6, 6.07) is 29.6. The Labute approximate surface area is 579 Å². The van der Waals surface area contributed by atoms with E-state index in [9.17, 15) is 10.1 Å². The molecule has 12 rings (SSSR count). The second-order valence-electron chi connectivity index (χ2n) is 21.9. The van der Waals surface area contributed by atoms with Crippen LogP contribution in [0.3, 0.4) is 0 Å². The first kappa shape index (κ1) is 76.2. The topological polar surface area (TPSA) is 325 Å². The summed E-state index contributed by atoms with van der Waals surface area (Å²) in [7, 11) is 23.6. The lowest BCUT2D eigenvalue weighted by Crippen LogP contribution is -2.20. The van der Waals surface area contributed by atoms with Crippen LogP contribution in [-0.2, 0) is 12.8 Å². The Bertz CT molecular complexity index is 3730. The molecular formula is C69H82B4IN11O10. The lowest BCUT2D eigenvalue weighted by molar-refractivity contribution is 0.112. The summed E-state index contributed by atoms with van der Waals surface area (Å²) >= 11 is 0. The standard InChI is InChI=1S/C24H24N2O3.C19H22N4O3.C15H16O4.C9H10N2.CH5N3.CH4.B4.HI/c1-27-22-13-18(12-16(14-25)15-26-19-6-4-3-5-7-19)20-10-11-21(17-8-9-17)29-23(20)24(22)28-2;1-24-15-8-11(7-12-9-22-19(21)23-18(12)20)13-5-6-14(10-3-4-10)26-16(13)17(15)25-2;1-17-13-7-10(8-16)11-5-6-12(9-3-4-9)19-14(11)15(13)18-2;10-7-4-8-11-9-5-2-1-3-6-9;2-1(3)4;;1-4(2)3;/h3-7,10-11,13,15,17,21,26H,8-9,12H2,1-2H3;5-6,8-10,14H,3-4,7H2,1-2H3,(H4,20,21,22,23);5-9,12H,3-4H2,1-2H3;1-3,5-6,11H,4,8H2;(H5,2,3,4);1H4;;1H. The third-order valence-electron chi connectivity index (χ3n) is 15.1. The molecule has 3 aliphatic heterocycles. The van der Waals surface area contributed by atoms with Crippen LogP contribution < -0.4 is 76.2 Å². The van der Waals surface area contributed by atoms with Crippen molar-refractivity contribution < 1.29 is 47.4 Å². The summed E-state index contributed by atoms with van der Waals surface area (Å²) in [4.78, 5) is 19.3. The van der Waals surface area contributed by atoms with E-state index in [0.29, 0.717) is 100.0 Å². The summed E-state index contributed by atoms with van der Waals surface area (Å²) in [6.45, 7) is 0.723. The Morgan fingerprint density at radius 3 is 1.49 bits per heavy atom. The smallest absolute Gasteiger partial charge is 0.221 e. The first-order valence-electron chi connectivity index (χ1n) is 30.2. The Balaban J connectivity index is 0.000000227. The minimum Gasteiger partial charge on any atom is -0.493 e. The molecule has 26 heteroatoms. The van der Waals surface area contributed by atoms with Gasteiger partial charge < -0.3 is 76.2 Å². The predicted molar refractivity (Wildman–Crippen MR) is 390 cm³/mol. The van der Waals surface area contributed by atoms with Crippen molar-refractivity contribution in [2.24, 2.45) is 29.2 Å². The molecule has 21 nitrogen and oxygen atoms in total. The van der Waals surface area contributed by atoms with E-state index in [1.54, 1.807) is 61.1 Å². The fourth-order valence-corrected chi connectivity index (χ4v) is 10.1. The number of carbonyl (C=O) groups excluding carboxylic acids is 1. The molecule has 95 heavy (non-hydrogen) atoms. The summed E-state index contributed by atoms with van der Waals surface area (Å²) in [5, 5.41) is 30.3. The van der Waals surface area contributed by atoms with Gasteiger partial charge in [-0.15, -0.1) is 24.0 Å². The Hall–Kier alpha value is -9.55.